The molecule has 0 aliphatic heterocycles. The Morgan fingerprint density at radius 1 is 1.38 bits per heavy atom. The number of hydrogen-bond acceptors (Lipinski definition) is 2. The summed E-state index contributed by atoms with van der Waals surface area (Å²) in [5.74, 6) is -0.986. The average Bonchev–Trinajstić information content (AvgIpc) is 2.29. The van der Waals surface area contributed by atoms with E-state index in [1.165, 1.54) is 0 Å². The molecule has 0 saturated heterocycles. The maximum absolute atomic E-state index is 11.4. The highest BCUT2D eigenvalue weighted by atomic mass is 16.4. The van der Waals surface area contributed by atoms with Crippen molar-refractivity contribution in [3.05, 3.63) is 35.9 Å². The van der Waals surface area contributed by atoms with Gasteiger partial charge < -0.3 is 10.2 Å². The van der Waals surface area contributed by atoms with E-state index in [4.69, 9.17) is 0 Å². The van der Waals surface area contributed by atoms with Gasteiger partial charge in [-0.1, -0.05) is 43.7 Å². The average molecular weight is 222 g/mol. The lowest BCUT2D eigenvalue weighted by Crippen LogP contribution is -2.44. The minimum Gasteiger partial charge on any atom is -0.481 e. The SMILES string of the molecule is CCC[C@H](O)[C@](C)(C(=O)O)c1ccccc1. The minimum atomic E-state index is -1.22. The van der Waals surface area contributed by atoms with E-state index >= 15 is 0 Å². The first-order valence-corrected chi connectivity index (χ1v) is 5.50. The van der Waals surface area contributed by atoms with Crippen LogP contribution in [0.5, 0.6) is 0 Å². The van der Waals surface area contributed by atoms with Gasteiger partial charge in [0.2, 0.25) is 0 Å². The second-order valence-electron chi connectivity index (χ2n) is 4.18. The quantitative estimate of drug-likeness (QED) is 0.803. The predicted octanol–water partition coefficient (Wildman–Crippen LogP) is 2.19. The Morgan fingerprint density at radius 2 is 1.94 bits per heavy atom. The first-order chi connectivity index (χ1) is 7.53. The van der Waals surface area contributed by atoms with Crippen LogP contribution in [0.25, 0.3) is 0 Å². The Hall–Kier alpha value is -1.35. The van der Waals surface area contributed by atoms with E-state index in [9.17, 15) is 15.0 Å². The molecule has 1 aromatic rings. The molecule has 0 unspecified atom stereocenters. The fourth-order valence-electron chi connectivity index (χ4n) is 1.80. The highest BCUT2D eigenvalue weighted by Crippen LogP contribution is 2.30. The van der Waals surface area contributed by atoms with Gasteiger partial charge in [0.25, 0.3) is 0 Å². The van der Waals surface area contributed by atoms with E-state index in [2.05, 4.69) is 0 Å². The maximum atomic E-state index is 11.4. The van der Waals surface area contributed by atoms with E-state index < -0.39 is 17.5 Å². The summed E-state index contributed by atoms with van der Waals surface area (Å²) in [6.07, 6.45) is 0.381. The monoisotopic (exact) mass is 222 g/mol. The molecule has 88 valence electrons. The number of carboxylic acids is 1. The van der Waals surface area contributed by atoms with Crippen molar-refractivity contribution < 1.29 is 15.0 Å². The zero-order valence-electron chi connectivity index (χ0n) is 9.68. The molecule has 0 saturated carbocycles. The summed E-state index contributed by atoms with van der Waals surface area (Å²) >= 11 is 0. The van der Waals surface area contributed by atoms with Crippen LogP contribution in [-0.2, 0) is 10.2 Å². The molecule has 0 aromatic heterocycles. The molecule has 1 aromatic carbocycles. The van der Waals surface area contributed by atoms with Gasteiger partial charge in [0.15, 0.2) is 0 Å². The Balaban J connectivity index is 3.12. The molecule has 0 heterocycles. The lowest BCUT2D eigenvalue weighted by Gasteiger charge is -2.30. The zero-order valence-corrected chi connectivity index (χ0v) is 9.68. The van der Waals surface area contributed by atoms with Gasteiger partial charge in [-0.25, -0.2) is 0 Å². The normalized spacial score (nSPS) is 16.4. The van der Waals surface area contributed by atoms with Gasteiger partial charge in [-0.2, -0.15) is 0 Å². The molecule has 0 spiro atoms. The summed E-state index contributed by atoms with van der Waals surface area (Å²) < 4.78 is 0. The van der Waals surface area contributed by atoms with Gasteiger partial charge in [0.1, 0.15) is 5.41 Å². The van der Waals surface area contributed by atoms with Crippen molar-refractivity contribution in [2.45, 2.75) is 38.2 Å². The first-order valence-electron chi connectivity index (χ1n) is 5.50. The molecule has 0 aliphatic rings. The van der Waals surface area contributed by atoms with E-state index in [1.54, 1.807) is 31.2 Å². The summed E-state index contributed by atoms with van der Waals surface area (Å²) in [5, 5.41) is 19.3. The number of carbonyl (C=O) groups is 1. The Bertz CT molecular complexity index is 347. The topological polar surface area (TPSA) is 57.5 Å². The van der Waals surface area contributed by atoms with E-state index in [0.717, 1.165) is 6.42 Å². The number of benzene rings is 1. The number of aliphatic carboxylic acids is 1. The third kappa shape index (κ3) is 2.25. The van der Waals surface area contributed by atoms with E-state index in [-0.39, 0.29) is 0 Å². The number of hydrogen-bond donors (Lipinski definition) is 2. The smallest absolute Gasteiger partial charge is 0.316 e. The molecule has 3 nitrogen and oxygen atoms in total. The van der Waals surface area contributed by atoms with Gasteiger partial charge in [-0.05, 0) is 18.9 Å². The summed E-state index contributed by atoms with van der Waals surface area (Å²) in [4.78, 5) is 11.4. The van der Waals surface area contributed by atoms with Crippen LogP contribution in [0, 0.1) is 0 Å². The summed E-state index contributed by atoms with van der Waals surface area (Å²) in [7, 11) is 0. The number of carboxylic acid groups (broad SMARTS) is 1. The predicted molar refractivity (Wildman–Crippen MR) is 62.3 cm³/mol. The highest BCUT2D eigenvalue weighted by molar-refractivity contribution is 5.81. The number of rotatable bonds is 5. The Morgan fingerprint density at radius 3 is 2.38 bits per heavy atom. The maximum Gasteiger partial charge on any atom is 0.316 e. The van der Waals surface area contributed by atoms with Crippen LogP contribution in [0.1, 0.15) is 32.3 Å². The molecular formula is C13H18O3. The molecular weight excluding hydrogens is 204 g/mol. The van der Waals surface area contributed by atoms with E-state index in [1.807, 2.05) is 13.0 Å². The summed E-state index contributed by atoms with van der Waals surface area (Å²) in [5.41, 5.74) is -0.583. The van der Waals surface area contributed by atoms with Crippen LogP contribution in [0.3, 0.4) is 0 Å². The van der Waals surface area contributed by atoms with Gasteiger partial charge in [-0.3, -0.25) is 4.79 Å². The van der Waals surface area contributed by atoms with Crippen molar-refractivity contribution in [1.82, 2.24) is 0 Å². The van der Waals surface area contributed by atoms with Crippen LogP contribution in [0.4, 0.5) is 0 Å². The molecule has 3 heteroatoms. The lowest BCUT2D eigenvalue weighted by atomic mass is 9.76. The third-order valence-corrected chi connectivity index (χ3v) is 3.05. The molecule has 0 bridgehead atoms. The van der Waals surface area contributed by atoms with Crippen molar-refractivity contribution in [3.8, 4) is 0 Å². The van der Waals surface area contributed by atoms with E-state index in [0.29, 0.717) is 12.0 Å². The number of aliphatic hydroxyl groups excluding tert-OH is 1. The van der Waals surface area contributed by atoms with Crippen molar-refractivity contribution in [2.75, 3.05) is 0 Å². The molecule has 1 rings (SSSR count). The molecule has 0 aliphatic carbocycles. The zero-order chi connectivity index (χ0) is 12.2. The Labute approximate surface area is 95.7 Å². The van der Waals surface area contributed by atoms with Crippen LogP contribution in [-0.4, -0.2) is 22.3 Å². The largest absolute Gasteiger partial charge is 0.481 e. The standard InChI is InChI=1S/C13H18O3/c1-3-7-11(14)13(2,12(15)16)10-8-5-4-6-9-10/h4-6,8-9,11,14H,3,7H2,1-2H3,(H,15,16)/t11-,13+/m0/s1. The third-order valence-electron chi connectivity index (χ3n) is 3.05. The fourth-order valence-corrected chi connectivity index (χ4v) is 1.80. The fraction of sp³-hybridized carbons (Fsp3) is 0.462. The van der Waals surface area contributed by atoms with Gasteiger partial charge >= 0.3 is 5.97 Å². The van der Waals surface area contributed by atoms with Gasteiger partial charge in [0.05, 0.1) is 6.10 Å². The molecule has 16 heavy (non-hydrogen) atoms. The minimum absolute atomic E-state index is 0.484. The second-order valence-corrected chi connectivity index (χ2v) is 4.18. The van der Waals surface area contributed by atoms with Gasteiger partial charge in [-0.15, -0.1) is 0 Å². The van der Waals surface area contributed by atoms with Crippen molar-refractivity contribution >= 4 is 5.97 Å². The molecule has 2 N–H and O–H groups in total. The van der Waals surface area contributed by atoms with Gasteiger partial charge in [0, 0.05) is 0 Å². The summed E-state index contributed by atoms with van der Waals surface area (Å²) in [6.45, 7) is 3.50. The molecule has 0 radical (unpaired) electrons. The molecule has 2 atom stereocenters. The highest BCUT2D eigenvalue weighted by Gasteiger charge is 2.41. The Kier molecular flexibility index (Phi) is 4.07. The van der Waals surface area contributed by atoms with Crippen LogP contribution in [0.2, 0.25) is 0 Å². The van der Waals surface area contributed by atoms with Crippen molar-refractivity contribution in [2.24, 2.45) is 0 Å². The van der Waals surface area contributed by atoms with Crippen LogP contribution in [0.15, 0.2) is 30.3 Å². The van der Waals surface area contributed by atoms with Crippen LogP contribution >= 0.6 is 0 Å². The number of aliphatic hydroxyl groups is 1. The van der Waals surface area contributed by atoms with Crippen LogP contribution < -0.4 is 0 Å². The van der Waals surface area contributed by atoms with Crippen molar-refractivity contribution in [3.63, 3.8) is 0 Å². The second kappa shape index (κ2) is 5.12. The molecule has 0 amide bonds. The lowest BCUT2D eigenvalue weighted by molar-refractivity contribution is -0.148. The molecule has 0 fully saturated rings. The first kappa shape index (κ1) is 12.7. The summed E-state index contributed by atoms with van der Waals surface area (Å²) in [6, 6.07) is 8.89. The van der Waals surface area contributed by atoms with Crippen molar-refractivity contribution in [1.29, 1.82) is 0 Å².